The van der Waals surface area contributed by atoms with Crippen LogP contribution < -0.4 is 56.8 Å². The van der Waals surface area contributed by atoms with E-state index in [9.17, 15) is 12.9 Å². The molecule has 0 aliphatic heterocycles. The van der Waals surface area contributed by atoms with Gasteiger partial charge in [0.05, 0.1) is 0 Å². The van der Waals surface area contributed by atoms with Gasteiger partial charge in [-0.05, 0) is 17.2 Å². The molecule has 6 heteroatoms. The molecule has 0 aliphatic carbocycles. The van der Waals surface area contributed by atoms with Gasteiger partial charge in [0.15, 0.2) is 0 Å². The zero-order valence-electron chi connectivity index (χ0n) is 10.9. The van der Waals surface area contributed by atoms with Crippen LogP contribution in [-0.4, -0.2) is 6.98 Å². The molecule has 0 heterocycles. The Morgan fingerprint density at radius 3 is 2.05 bits per heavy atom. The molecule has 98 valence electrons. The van der Waals surface area contributed by atoms with Crippen molar-refractivity contribution in [1.29, 1.82) is 0 Å². The average molecular weight is 321 g/mol. The van der Waals surface area contributed by atoms with Gasteiger partial charge in [-0.1, -0.05) is 66.2 Å². The van der Waals surface area contributed by atoms with E-state index in [4.69, 9.17) is 11.6 Å². The molecule has 0 N–H and O–H groups in total. The monoisotopic (exact) mass is 320 g/mol. The summed E-state index contributed by atoms with van der Waals surface area (Å²) >= 11 is 5.71. The number of benzene rings is 2. The number of hydrogen-bond acceptors (Lipinski definition) is 0. The van der Waals surface area contributed by atoms with E-state index in [0.29, 0.717) is 5.56 Å². The third-order valence-electron chi connectivity index (χ3n) is 2.59. The first kappa shape index (κ1) is 18.0. The molecule has 2 aromatic carbocycles. The van der Waals surface area contributed by atoms with Crippen LogP contribution in [0.1, 0.15) is 11.1 Å². The molecule has 0 aliphatic rings. The molecule has 0 aromatic heterocycles. The van der Waals surface area contributed by atoms with Crippen LogP contribution >= 0.6 is 11.6 Å². The molecule has 2 rings (SSSR count). The van der Waals surface area contributed by atoms with Crippen molar-refractivity contribution in [2.75, 3.05) is 0 Å². The van der Waals surface area contributed by atoms with Gasteiger partial charge in [0.2, 0.25) is 0 Å². The van der Waals surface area contributed by atoms with Gasteiger partial charge >= 0.3 is 58.4 Å². The molecule has 0 fully saturated rings. The topological polar surface area (TPSA) is 0 Å². The summed E-state index contributed by atoms with van der Waals surface area (Å²) in [6, 6.07) is 12.9. The minimum atomic E-state index is -5.03. The van der Waals surface area contributed by atoms with Crippen LogP contribution in [0.25, 0.3) is 12.2 Å². The molecule has 0 spiro atoms. The number of rotatable bonds is 3. The summed E-state index contributed by atoms with van der Waals surface area (Å²) in [5.74, 6) is 0. The van der Waals surface area contributed by atoms with Gasteiger partial charge in [0.1, 0.15) is 0 Å². The Kier molecular flexibility index (Phi) is 7.05. The molecular weight excluding hydrogens is 311 g/mol. The fraction of sp³-hybridized carbons (Fsp3) is 0. The molecule has 0 radical (unpaired) electrons. The van der Waals surface area contributed by atoms with Crippen molar-refractivity contribution >= 4 is 36.2 Å². The largest absolute Gasteiger partial charge is 1.00 e. The van der Waals surface area contributed by atoms with E-state index in [-0.39, 0.29) is 56.4 Å². The third-order valence-corrected chi connectivity index (χ3v) is 2.81. The van der Waals surface area contributed by atoms with Crippen molar-refractivity contribution in [2.24, 2.45) is 0 Å². The van der Waals surface area contributed by atoms with Gasteiger partial charge in [-0.2, -0.15) is 0 Å². The smallest absolute Gasteiger partial charge is 0.445 e. The summed E-state index contributed by atoms with van der Waals surface area (Å²) in [6.45, 7) is -5.03. The van der Waals surface area contributed by atoms with Crippen LogP contribution in [0, 0.1) is 0 Å². The summed E-state index contributed by atoms with van der Waals surface area (Å²) in [5, 5.41) is 0.0874. The Bertz CT molecular complexity index is 597. The summed E-state index contributed by atoms with van der Waals surface area (Å²) < 4.78 is 38.1. The Morgan fingerprint density at radius 1 is 0.850 bits per heavy atom. The van der Waals surface area contributed by atoms with Gasteiger partial charge in [0, 0.05) is 5.02 Å². The molecule has 0 saturated carbocycles. The van der Waals surface area contributed by atoms with Crippen molar-refractivity contribution in [2.45, 2.75) is 0 Å². The van der Waals surface area contributed by atoms with Crippen LogP contribution in [-0.2, 0) is 0 Å². The molecule has 0 unspecified atom stereocenters. The SMILES string of the molecule is F[B-](F)(F)c1cc(Cl)cc(/C=C/c2ccccc2)c1.[K+]. The molecule has 0 atom stereocenters. The summed E-state index contributed by atoms with van der Waals surface area (Å²) in [7, 11) is 0. The van der Waals surface area contributed by atoms with Crippen molar-refractivity contribution in [3.8, 4) is 0 Å². The zero-order valence-corrected chi connectivity index (χ0v) is 14.7. The standard InChI is InChI=1S/C14H10BClF3.K/c16-14-9-12(8-13(10-14)15(17,18)19)7-6-11-4-2-1-3-5-11;/h1-10H;/q-1;+1/b7-6+;. The van der Waals surface area contributed by atoms with E-state index < -0.39 is 12.4 Å². The second-order valence-electron chi connectivity index (χ2n) is 4.14. The summed E-state index contributed by atoms with van der Waals surface area (Å²) in [5.41, 5.74) is 0.673. The van der Waals surface area contributed by atoms with Gasteiger partial charge in [0.25, 0.3) is 0 Å². The first-order valence-electron chi connectivity index (χ1n) is 5.69. The predicted octanol–water partition coefficient (Wildman–Crippen LogP) is 1.57. The Balaban J connectivity index is 0.00000200. The van der Waals surface area contributed by atoms with Crippen LogP contribution in [0.3, 0.4) is 0 Å². The summed E-state index contributed by atoms with van der Waals surface area (Å²) in [6.07, 6.45) is 3.37. The van der Waals surface area contributed by atoms with E-state index in [1.54, 1.807) is 12.2 Å². The predicted molar refractivity (Wildman–Crippen MR) is 75.5 cm³/mol. The minimum Gasteiger partial charge on any atom is -0.445 e. The van der Waals surface area contributed by atoms with Crippen molar-refractivity contribution in [3.63, 3.8) is 0 Å². The molecule has 0 amide bonds. The molecule has 20 heavy (non-hydrogen) atoms. The van der Waals surface area contributed by atoms with Gasteiger partial charge in [-0.25, -0.2) is 0 Å². The van der Waals surface area contributed by atoms with E-state index in [1.165, 1.54) is 6.07 Å². The second kappa shape index (κ2) is 7.82. The van der Waals surface area contributed by atoms with Gasteiger partial charge in [-0.15, -0.1) is 5.46 Å². The van der Waals surface area contributed by atoms with Gasteiger partial charge < -0.3 is 12.9 Å². The second-order valence-corrected chi connectivity index (χ2v) is 4.57. The molecule has 0 saturated heterocycles. The number of halogens is 4. The maximum absolute atomic E-state index is 12.7. The fourth-order valence-corrected chi connectivity index (χ4v) is 1.93. The molecule has 0 bridgehead atoms. The van der Waals surface area contributed by atoms with Crippen LogP contribution in [0.5, 0.6) is 0 Å². The fourth-order valence-electron chi connectivity index (χ4n) is 1.68. The quantitative estimate of drug-likeness (QED) is 0.595. The Morgan fingerprint density at radius 2 is 1.45 bits per heavy atom. The first-order valence-corrected chi connectivity index (χ1v) is 6.06. The molecule has 0 nitrogen and oxygen atoms in total. The van der Waals surface area contributed by atoms with Crippen molar-refractivity contribution in [1.82, 2.24) is 0 Å². The molecular formula is C14H10BClF3K. The maximum atomic E-state index is 12.7. The average Bonchev–Trinajstić information content (AvgIpc) is 2.36. The van der Waals surface area contributed by atoms with E-state index in [0.717, 1.165) is 17.7 Å². The van der Waals surface area contributed by atoms with Gasteiger partial charge in [-0.3, -0.25) is 0 Å². The van der Waals surface area contributed by atoms with E-state index in [1.807, 2.05) is 30.3 Å². The summed E-state index contributed by atoms with van der Waals surface area (Å²) in [4.78, 5) is 0. The normalized spacial score (nSPS) is 11.4. The Hall–Kier alpha value is -0.0387. The van der Waals surface area contributed by atoms with E-state index in [2.05, 4.69) is 0 Å². The third kappa shape index (κ3) is 5.39. The Labute approximate surface area is 163 Å². The first-order chi connectivity index (χ1) is 8.95. The molecule has 2 aromatic rings. The van der Waals surface area contributed by atoms with Crippen LogP contribution in [0.15, 0.2) is 48.5 Å². The van der Waals surface area contributed by atoms with Crippen molar-refractivity contribution in [3.05, 3.63) is 64.7 Å². The minimum absolute atomic E-state index is 0. The van der Waals surface area contributed by atoms with Crippen LogP contribution in [0.4, 0.5) is 12.9 Å². The number of hydrogen-bond donors (Lipinski definition) is 0. The zero-order chi connectivity index (χ0) is 13.9. The van der Waals surface area contributed by atoms with Crippen molar-refractivity contribution < 1.29 is 64.3 Å². The maximum Gasteiger partial charge on any atom is 1.00 e. The van der Waals surface area contributed by atoms with Crippen LogP contribution in [0.2, 0.25) is 5.02 Å². The van der Waals surface area contributed by atoms with E-state index >= 15 is 0 Å².